The normalized spacial score (nSPS) is 10.1. The summed E-state index contributed by atoms with van der Waals surface area (Å²) in [7, 11) is 0. The minimum atomic E-state index is -0.312. The summed E-state index contributed by atoms with van der Waals surface area (Å²) in [5.74, 6) is 0.226. The molecule has 5 heteroatoms. The summed E-state index contributed by atoms with van der Waals surface area (Å²) >= 11 is 0. The highest BCUT2D eigenvalue weighted by Crippen LogP contribution is 2.17. The topological polar surface area (TPSA) is 54.9 Å². The largest absolute Gasteiger partial charge is 0.362 e. The van der Waals surface area contributed by atoms with Gasteiger partial charge in [0.15, 0.2) is 0 Å². The lowest BCUT2D eigenvalue weighted by Gasteiger charge is -2.03. The molecule has 0 atom stereocenters. The Morgan fingerprint density at radius 2 is 2.11 bits per heavy atom. The molecule has 0 amide bonds. The van der Waals surface area contributed by atoms with Crippen molar-refractivity contribution in [3.63, 3.8) is 0 Å². The predicted octanol–water partition coefficient (Wildman–Crippen LogP) is 2.28. The van der Waals surface area contributed by atoms with E-state index in [0.29, 0.717) is 17.1 Å². The fourth-order valence-electron chi connectivity index (χ4n) is 1.44. The monoisotopic (exact) mass is 245 g/mol. The van der Waals surface area contributed by atoms with Crippen molar-refractivity contribution in [3.8, 4) is 11.3 Å². The molecule has 0 aliphatic carbocycles. The number of carbonyl (C=O) groups is 1. The van der Waals surface area contributed by atoms with Gasteiger partial charge in [0.05, 0.1) is 12.2 Å². The van der Waals surface area contributed by atoms with Gasteiger partial charge in [0.1, 0.15) is 17.4 Å². The zero-order chi connectivity index (χ0) is 13.0. The Morgan fingerprint density at radius 1 is 1.28 bits per heavy atom. The summed E-state index contributed by atoms with van der Waals surface area (Å²) in [6, 6.07) is 9.58. The number of anilines is 1. The van der Waals surface area contributed by atoms with Gasteiger partial charge in [0.2, 0.25) is 0 Å². The zero-order valence-electron chi connectivity index (χ0n) is 9.85. The molecular formula is C13H12FN3O. The van der Waals surface area contributed by atoms with E-state index < -0.39 is 0 Å². The second-order valence-electron chi connectivity index (χ2n) is 3.87. The summed E-state index contributed by atoms with van der Waals surface area (Å²) < 4.78 is 13.0. The van der Waals surface area contributed by atoms with Gasteiger partial charge in [0.25, 0.3) is 0 Å². The van der Waals surface area contributed by atoms with Crippen LogP contribution >= 0.6 is 0 Å². The number of nitrogens with one attached hydrogen (secondary N) is 1. The van der Waals surface area contributed by atoms with E-state index in [1.807, 2.05) is 0 Å². The molecule has 2 rings (SSSR count). The van der Waals surface area contributed by atoms with Crippen LogP contribution in [-0.4, -0.2) is 22.5 Å². The molecule has 4 nitrogen and oxygen atoms in total. The van der Waals surface area contributed by atoms with Crippen molar-refractivity contribution in [2.24, 2.45) is 0 Å². The number of carbonyl (C=O) groups excluding carboxylic acids is 1. The molecule has 92 valence electrons. The van der Waals surface area contributed by atoms with Gasteiger partial charge in [-0.3, -0.25) is 4.79 Å². The highest BCUT2D eigenvalue weighted by Gasteiger charge is 2.02. The smallest absolute Gasteiger partial charge is 0.149 e. The van der Waals surface area contributed by atoms with Gasteiger partial charge >= 0.3 is 0 Å². The lowest BCUT2D eigenvalue weighted by atomic mass is 10.1. The number of rotatable bonds is 4. The molecule has 1 N–H and O–H groups in total. The lowest BCUT2D eigenvalue weighted by Crippen LogP contribution is -2.11. The van der Waals surface area contributed by atoms with E-state index in [2.05, 4.69) is 15.5 Å². The van der Waals surface area contributed by atoms with Gasteiger partial charge in [-0.25, -0.2) is 4.39 Å². The van der Waals surface area contributed by atoms with E-state index in [0.717, 1.165) is 0 Å². The van der Waals surface area contributed by atoms with Crippen LogP contribution in [-0.2, 0) is 4.79 Å². The third kappa shape index (κ3) is 3.10. The summed E-state index contributed by atoms with van der Waals surface area (Å²) in [4.78, 5) is 10.8. The van der Waals surface area contributed by atoms with Gasteiger partial charge < -0.3 is 5.32 Å². The van der Waals surface area contributed by atoms with E-state index in [-0.39, 0.29) is 18.1 Å². The van der Waals surface area contributed by atoms with E-state index >= 15 is 0 Å². The molecule has 0 aliphatic heterocycles. The molecule has 0 saturated carbocycles. The molecule has 0 unspecified atom stereocenters. The zero-order valence-corrected chi connectivity index (χ0v) is 9.85. The van der Waals surface area contributed by atoms with Crippen molar-refractivity contribution in [1.29, 1.82) is 0 Å². The lowest BCUT2D eigenvalue weighted by molar-refractivity contribution is -0.115. The first-order valence-electron chi connectivity index (χ1n) is 5.48. The van der Waals surface area contributed by atoms with Crippen LogP contribution in [0.25, 0.3) is 11.3 Å². The minimum Gasteiger partial charge on any atom is -0.362 e. The van der Waals surface area contributed by atoms with E-state index in [4.69, 9.17) is 0 Å². The number of ketones is 1. The van der Waals surface area contributed by atoms with Crippen LogP contribution in [0.5, 0.6) is 0 Å². The van der Waals surface area contributed by atoms with E-state index in [9.17, 15) is 9.18 Å². The second-order valence-corrected chi connectivity index (χ2v) is 3.87. The Bertz CT molecular complexity index is 554. The van der Waals surface area contributed by atoms with Crippen molar-refractivity contribution in [1.82, 2.24) is 10.2 Å². The first kappa shape index (κ1) is 12.2. The van der Waals surface area contributed by atoms with E-state index in [1.54, 1.807) is 24.3 Å². The minimum absolute atomic E-state index is 0.0195. The van der Waals surface area contributed by atoms with Gasteiger partial charge in [0, 0.05) is 5.56 Å². The molecule has 0 aliphatic rings. The SMILES string of the molecule is CC(=O)CNc1ccc(-c2cccc(F)c2)nn1. The molecule has 1 aromatic heterocycles. The van der Waals surface area contributed by atoms with Crippen LogP contribution in [0.1, 0.15) is 6.92 Å². The molecule has 18 heavy (non-hydrogen) atoms. The van der Waals surface area contributed by atoms with Gasteiger partial charge in [-0.1, -0.05) is 12.1 Å². The van der Waals surface area contributed by atoms with Crippen molar-refractivity contribution in [2.75, 3.05) is 11.9 Å². The van der Waals surface area contributed by atoms with Gasteiger partial charge in [-0.2, -0.15) is 0 Å². The predicted molar refractivity (Wildman–Crippen MR) is 66.6 cm³/mol. The Labute approximate surface area is 104 Å². The number of Topliss-reactive ketones (excluding diaryl/α,β-unsaturated/α-hetero) is 1. The van der Waals surface area contributed by atoms with Crippen LogP contribution < -0.4 is 5.32 Å². The number of nitrogens with zero attached hydrogens (tertiary/aromatic N) is 2. The molecule has 0 fully saturated rings. The fourth-order valence-corrected chi connectivity index (χ4v) is 1.44. The van der Waals surface area contributed by atoms with Crippen LogP contribution in [0.3, 0.4) is 0 Å². The Hall–Kier alpha value is -2.30. The summed E-state index contributed by atoms with van der Waals surface area (Å²) in [6.45, 7) is 1.70. The molecule has 2 aromatic rings. The standard InChI is InChI=1S/C13H12FN3O/c1-9(18)8-15-13-6-5-12(16-17-13)10-3-2-4-11(14)7-10/h2-7H,8H2,1H3,(H,15,17). The Balaban J connectivity index is 2.14. The van der Waals surface area contributed by atoms with Crippen molar-refractivity contribution >= 4 is 11.6 Å². The third-order valence-corrected chi connectivity index (χ3v) is 2.30. The second kappa shape index (κ2) is 5.35. The molecule has 1 heterocycles. The fraction of sp³-hybridized carbons (Fsp3) is 0.154. The maximum Gasteiger partial charge on any atom is 0.149 e. The van der Waals surface area contributed by atoms with Crippen LogP contribution in [0.15, 0.2) is 36.4 Å². The number of aromatic nitrogens is 2. The summed E-state index contributed by atoms with van der Waals surface area (Å²) in [5.41, 5.74) is 1.25. The van der Waals surface area contributed by atoms with Crippen molar-refractivity contribution in [2.45, 2.75) is 6.92 Å². The van der Waals surface area contributed by atoms with Crippen LogP contribution in [0.4, 0.5) is 10.2 Å². The molecule has 0 spiro atoms. The first-order valence-corrected chi connectivity index (χ1v) is 5.48. The molecule has 1 aromatic carbocycles. The Kier molecular flexibility index (Phi) is 3.62. The van der Waals surface area contributed by atoms with E-state index in [1.165, 1.54) is 19.1 Å². The molecule has 0 bridgehead atoms. The summed E-state index contributed by atoms with van der Waals surface area (Å²) in [5, 5.41) is 10.7. The quantitative estimate of drug-likeness (QED) is 0.897. The van der Waals surface area contributed by atoms with Crippen LogP contribution in [0.2, 0.25) is 0 Å². The van der Waals surface area contributed by atoms with Crippen LogP contribution in [0, 0.1) is 5.82 Å². The Morgan fingerprint density at radius 3 is 2.72 bits per heavy atom. The average Bonchev–Trinajstić information content (AvgIpc) is 2.37. The average molecular weight is 245 g/mol. The number of halogens is 1. The maximum atomic E-state index is 13.0. The number of hydrogen-bond acceptors (Lipinski definition) is 4. The molecular weight excluding hydrogens is 233 g/mol. The molecule has 0 radical (unpaired) electrons. The highest BCUT2D eigenvalue weighted by molar-refractivity contribution is 5.80. The number of benzene rings is 1. The third-order valence-electron chi connectivity index (χ3n) is 2.30. The molecule has 0 saturated heterocycles. The van der Waals surface area contributed by atoms with Crippen molar-refractivity contribution < 1.29 is 9.18 Å². The summed E-state index contributed by atoms with van der Waals surface area (Å²) in [6.07, 6.45) is 0. The first-order chi connectivity index (χ1) is 8.65. The van der Waals surface area contributed by atoms with Gasteiger partial charge in [-0.05, 0) is 31.2 Å². The highest BCUT2D eigenvalue weighted by atomic mass is 19.1. The van der Waals surface area contributed by atoms with Gasteiger partial charge in [-0.15, -0.1) is 10.2 Å². The van der Waals surface area contributed by atoms with Crippen molar-refractivity contribution in [3.05, 3.63) is 42.2 Å². The number of hydrogen-bond donors (Lipinski definition) is 1. The maximum absolute atomic E-state index is 13.0.